The van der Waals surface area contributed by atoms with Crippen LogP contribution in [-0.4, -0.2) is 32.1 Å². The van der Waals surface area contributed by atoms with Gasteiger partial charge >= 0.3 is 0 Å². The van der Waals surface area contributed by atoms with Crippen LogP contribution in [0.4, 0.5) is 11.4 Å². The average Bonchev–Trinajstić information content (AvgIpc) is 2.80. The van der Waals surface area contributed by atoms with Gasteiger partial charge in [-0.15, -0.1) is 0 Å². The van der Waals surface area contributed by atoms with Gasteiger partial charge < -0.3 is 20.1 Å². The molecule has 4 nitrogen and oxygen atoms in total. The first-order valence-corrected chi connectivity index (χ1v) is 6.58. The summed E-state index contributed by atoms with van der Waals surface area (Å²) in [5, 5.41) is 0. The topological polar surface area (TPSA) is 47.7 Å². The second-order valence-electron chi connectivity index (χ2n) is 5.16. The summed E-state index contributed by atoms with van der Waals surface area (Å²) in [5.41, 5.74) is 9.29. The third-order valence-corrected chi connectivity index (χ3v) is 3.86. The summed E-state index contributed by atoms with van der Waals surface area (Å²) in [6.45, 7) is 5.39. The fourth-order valence-corrected chi connectivity index (χ4v) is 2.84. The highest BCUT2D eigenvalue weighted by atomic mass is 16.7. The monoisotopic (exact) mass is 248 g/mol. The molecule has 4 heteroatoms. The Morgan fingerprint density at radius 3 is 2.44 bits per heavy atom. The fourth-order valence-electron chi connectivity index (χ4n) is 2.84. The molecule has 18 heavy (non-hydrogen) atoms. The van der Waals surface area contributed by atoms with Crippen LogP contribution in [0.5, 0.6) is 0 Å². The molecule has 2 aliphatic rings. The van der Waals surface area contributed by atoms with Crippen molar-refractivity contribution in [2.45, 2.75) is 25.6 Å². The van der Waals surface area contributed by atoms with E-state index >= 15 is 0 Å². The highest BCUT2D eigenvalue weighted by Crippen LogP contribution is 2.34. The van der Waals surface area contributed by atoms with Gasteiger partial charge in [-0.1, -0.05) is 6.07 Å². The first-order valence-electron chi connectivity index (χ1n) is 6.58. The van der Waals surface area contributed by atoms with E-state index < -0.39 is 0 Å². The van der Waals surface area contributed by atoms with Crippen molar-refractivity contribution in [3.63, 3.8) is 0 Å². The molecule has 1 aromatic carbocycles. The molecule has 0 aromatic heterocycles. The summed E-state index contributed by atoms with van der Waals surface area (Å²) >= 11 is 0. The summed E-state index contributed by atoms with van der Waals surface area (Å²) in [5.74, 6) is -0.310. The highest BCUT2D eigenvalue weighted by molar-refractivity contribution is 5.68. The Labute approximate surface area is 108 Å². The second-order valence-corrected chi connectivity index (χ2v) is 5.16. The van der Waals surface area contributed by atoms with Gasteiger partial charge in [0.15, 0.2) is 5.79 Å². The van der Waals surface area contributed by atoms with Crippen molar-refractivity contribution in [2.75, 3.05) is 36.9 Å². The molecule has 3 rings (SSSR count). The van der Waals surface area contributed by atoms with E-state index in [1.807, 2.05) is 6.07 Å². The summed E-state index contributed by atoms with van der Waals surface area (Å²) in [6.07, 6.45) is 1.83. The van der Waals surface area contributed by atoms with Crippen molar-refractivity contribution in [1.82, 2.24) is 0 Å². The molecule has 2 fully saturated rings. The predicted molar refractivity (Wildman–Crippen MR) is 71.7 cm³/mol. The standard InChI is InChI=1S/C14H20N2O2/c1-11-2-3-13(12(15)10-11)16-6-4-14(5-7-16)17-8-9-18-14/h2-3,10H,4-9,15H2,1H3. The zero-order chi connectivity index (χ0) is 12.6. The average molecular weight is 248 g/mol. The van der Waals surface area contributed by atoms with Crippen molar-refractivity contribution in [1.29, 1.82) is 0 Å². The molecule has 2 heterocycles. The van der Waals surface area contributed by atoms with Crippen molar-refractivity contribution >= 4 is 11.4 Å². The van der Waals surface area contributed by atoms with Crippen LogP contribution in [0.3, 0.4) is 0 Å². The Bertz CT molecular complexity index is 431. The first-order chi connectivity index (χ1) is 8.69. The number of hydrogen-bond donors (Lipinski definition) is 1. The molecule has 0 unspecified atom stereocenters. The number of anilines is 2. The number of ether oxygens (including phenoxy) is 2. The van der Waals surface area contributed by atoms with Gasteiger partial charge in [-0.05, 0) is 24.6 Å². The molecule has 2 aliphatic heterocycles. The minimum Gasteiger partial charge on any atom is -0.397 e. The van der Waals surface area contributed by atoms with Crippen molar-refractivity contribution in [3.05, 3.63) is 23.8 Å². The zero-order valence-corrected chi connectivity index (χ0v) is 10.8. The molecule has 2 N–H and O–H groups in total. The number of benzene rings is 1. The lowest BCUT2D eigenvalue weighted by molar-refractivity contribution is -0.169. The normalized spacial score (nSPS) is 22.6. The smallest absolute Gasteiger partial charge is 0.171 e. The van der Waals surface area contributed by atoms with Crippen LogP contribution in [-0.2, 0) is 9.47 Å². The molecule has 0 atom stereocenters. The Hall–Kier alpha value is -1.26. The maximum absolute atomic E-state index is 6.09. The largest absolute Gasteiger partial charge is 0.397 e. The van der Waals surface area contributed by atoms with Gasteiger partial charge in [-0.25, -0.2) is 0 Å². The Morgan fingerprint density at radius 2 is 1.83 bits per heavy atom. The van der Waals surface area contributed by atoms with E-state index in [0.29, 0.717) is 0 Å². The molecule has 0 aliphatic carbocycles. The van der Waals surface area contributed by atoms with Gasteiger partial charge in [0.25, 0.3) is 0 Å². The van der Waals surface area contributed by atoms with Gasteiger partial charge in [-0.3, -0.25) is 0 Å². The number of hydrogen-bond acceptors (Lipinski definition) is 4. The maximum Gasteiger partial charge on any atom is 0.171 e. The zero-order valence-electron chi connectivity index (χ0n) is 10.8. The SMILES string of the molecule is Cc1ccc(N2CCC3(CC2)OCCO3)c(N)c1. The van der Waals surface area contributed by atoms with Crippen LogP contribution in [0.25, 0.3) is 0 Å². The maximum atomic E-state index is 6.09. The minimum atomic E-state index is -0.310. The lowest BCUT2D eigenvalue weighted by atomic mass is 10.0. The summed E-state index contributed by atoms with van der Waals surface area (Å²) in [6, 6.07) is 6.25. The Morgan fingerprint density at radius 1 is 1.17 bits per heavy atom. The molecule has 98 valence electrons. The summed E-state index contributed by atoms with van der Waals surface area (Å²) < 4.78 is 11.5. The van der Waals surface area contributed by atoms with E-state index in [9.17, 15) is 0 Å². The number of nitrogens with zero attached hydrogens (tertiary/aromatic N) is 1. The second kappa shape index (κ2) is 4.44. The fraction of sp³-hybridized carbons (Fsp3) is 0.571. The molecular weight excluding hydrogens is 228 g/mol. The van der Waals surface area contributed by atoms with E-state index in [4.69, 9.17) is 15.2 Å². The van der Waals surface area contributed by atoms with Crippen molar-refractivity contribution in [2.24, 2.45) is 0 Å². The van der Waals surface area contributed by atoms with Crippen LogP contribution >= 0.6 is 0 Å². The van der Waals surface area contributed by atoms with Crippen LogP contribution in [0.1, 0.15) is 18.4 Å². The first kappa shape index (κ1) is 11.8. The van der Waals surface area contributed by atoms with Crippen molar-refractivity contribution < 1.29 is 9.47 Å². The molecule has 0 bridgehead atoms. The number of rotatable bonds is 1. The molecule has 1 aromatic rings. The van der Waals surface area contributed by atoms with Crippen LogP contribution < -0.4 is 10.6 Å². The lowest BCUT2D eigenvalue weighted by Gasteiger charge is -2.39. The number of nitrogen functional groups attached to an aromatic ring is 1. The number of piperidine rings is 1. The van der Waals surface area contributed by atoms with E-state index in [1.165, 1.54) is 5.56 Å². The molecule has 1 spiro atoms. The predicted octanol–water partition coefficient (Wildman–Crippen LogP) is 1.92. The number of aryl methyl sites for hydroxylation is 1. The summed E-state index contributed by atoms with van der Waals surface area (Å²) in [7, 11) is 0. The van der Waals surface area contributed by atoms with Crippen LogP contribution in [0.2, 0.25) is 0 Å². The summed E-state index contributed by atoms with van der Waals surface area (Å²) in [4.78, 5) is 2.32. The van der Waals surface area contributed by atoms with Gasteiger partial charge in [-0.2, -0.15) is 0 Å². The highest BCUT2D eigenvalue weighted by Gasteiger charge is 2.39. The van der Waals surface area contributed by atoms with Crippen molar-refractivity contribution in [3.8, 4) is 0 Å². The molecular formula is C14H20N2O2. The van der Waals surface area contributed by atoms with E-state index in [1.54, 1.807) is 0 Å². The third-order valence-electron chi connectivity index (χ3n) is 3.86. The minimum absolute atomic E-state index is 0.310. The Kier molecular flexibility index (Phi) is 2.92. The number of nitrogens with two attached hydrogens (primary N) is 1. The van der Waals surface area contributed by atoms with E-state index in [2.05, 4.69) is 24.0 Å². The molecule has 0 radical (unpaired) electrons. The van der Waals surface area contributed by atoms with Gasteiger partial charge in [0.2, 0.25) is 0 Å². The van der Waals surface area contributed by atoms with Crippen LogP contribution in [0.15, 0.2) is 18.2 Å². The van der Waals surface area contributed by atoms with Gasteiger partial charge in [0, 0.05) is 25.9 Å². The Balaban J connectivity index is 1.72. The van der Waals surface area contributed by atoms with Gasteiger partial charge in [0.05, 0.1) is 24.6 Å². The molecule has 0 amide bonds. The van der Waals surface area contributed by atoms with E-state index in [-0.39, 0.29) is 5.79 Å². The lowest BCUT2D eigenvalue weighted by Crippen LogP contribution is -2.45. The quantitative estimate of drug-likeness (QED) is 0.771. The molecule has 0 saturated carbocycles. The van der Waals surface area contributed by atoms with Gasteiger partial charge in [0.1, 0.15) is 0 Å². The molecule has 2 saturated heterocycles. The van der Waals surface area contributed by atoms with Crippen LogP contribution in [0, 0.1) is 6.92 Å². The van der Waals surface area contributed by atoms with E-state index in [0.717, 1.165) is 50.5 Å². The third kappa shape index (κ3) is 2.06.